The highest BCUT2D eigenvalue weighted by molar-refractivity contribution is 5.76. The number of urea groups is 1. The smallest absolute Gasteiger partial charge is 0.317 e. The Morgan fingerprint density at radius 1 is 1.26 bits per heavy atom. The van der Waals surface area contributed by atoms with Crippen LogP contribution in [0.1, 0.15) is 32.1 Å². The first kappa shape index (κ1) is 14.1. The third-order valence-electron chi connectivity index (χ3n) is 3.72. The summed E-state index contributed by atoms with van der Waals surface area (Å²) in [5.74, 6) is -0.851. The fourth-order valence-corrected chi connectivity index (χ4v) is 2.48. The average molecular weight is 269 g/mol. The van der Waals surface area contributed by atoms with E-state index in [1.807, 2.05) is 0 Å². The maximum atomic E-state index is 12.0. The highest BCUT2D eigenvalue weighted by Crippen LogP contribution is 2.26. The van der Waals surface area contributed by atoms with Crippen molar-refractivity contribution in [3.05, 3.63) is 0 Å². The zero-order valence-electron chi connectivity index (χ0n) is 11.3. The van der Waals surface area contributed by atoms with Crippen molar-refractivity contribution in [1.82, 2.24) is 15.1 Å². The Morgan fingerprint density at radius 3 is 2.53 bits per heavy atom. The summed E-state index contributed by atoms with van der Waals surface area (Å²) in [5.41, 5.74) is 0. The Kier molecular flexibility index (Phi) is 5.01. The molecule has 0 aromatic rings. The van der Waals surface area contributed by atoms with E-state index in [2.05, 4.69) is 10.2 Å². The van der Waals surface area contributed by atoms with E-state index >= 15 is 0 Å². The first-order valence-corrected chi connectivity index (χ1v) is 7.15. The maximum absolute atomic E-state index is 12.0. The summed E-state index contributed by atoms with van der Waals surface area (Å²) < 4.78 is 0. The van der Waals surface area contributed by atoms with Crippen LogP contribution in [0.5, 0.6) is 0 Å². The van der Waals surface area contributed by atoms with Crippen molar-refractivity contribution in [2.24, 2.45) is 0 Å². The van der Waals surface area contributed by atoms with E-state index in [0.717, 1.165) is 32.5 Å². The number of likely N-dealkylation sites (tertiary alicyclic amines) is 1. The number of aliphatic carboxylic acids is 1. The lowest BCUT2D eigenvalue weighted by molar-refractivity contribution is -0.137. The van der Waals surface area contributed by atoms with Crippen molar-refractivity contribution in [3.8, 4) is 0 Å². The number of nitrogens with one attached hydrogen (secondary N) is 1. The Labute approximate surface area is 113 Å². The Balaban J connectivity index is 1.67. The Hall–Kier alpha value is -1.30. The van der Waals surface area contributed by atoms with Gasteiger partial charge in [0.05, 0.1) is 6.42 Å². The van der Waals surface area contributed by atoms with Crippen molar-refractivity contribution in [1.29, 1.82) is 0 Å². The van der Waals surface area contributed by atoms with E-state index in [9.17, 15) is 9.59 Å². The van der Waals surface area contributed by atoms with Crippen LogP contribution in [0, 0.1) is 0 Å². The van der Waals surface area contributed by atoms with E-state index < -0.39 is 5.97 Å². The molecule has 2 aliphatic rings. The maximum Gasteiger partial charge on any atom is 0.317 e. The van der Waals surface area contributed by atoms with Crippen LogP contribution in [-0.4, -0.2) is 65.7 Å². The molecule has 2 rings (SSSR count). The van der Waals surface area contributed by atoms with Crippen LogP contribution >= 0.6 is 0 Å². The first-order chi connectivity index (χ1) is 9.16. The summed E-state index contributed by atoms with van der Waals surface area (Å²) in [4.78, 5) is 26.6. The minimum absolute atomic E-state index is 0.0239. The van der Waals surface area contributed by atoms with Crippen LogP contribution in [0.25, 0.3) is 0 Å². The third kappa shape index (κ3) is 4.70. The fourth-order valence-electron chi connectivity index (χ4n) is 2.48. The molecule has 2 N–H and O–H groups in total. The molecule has 0 radical (unpaired) electrons. The summed E-state index contributed by atoms with van der Waals surface area (Å²) in [7, 11) is 0. The summed E-state index contributed by atoms with van der Waals surface area (Å²) in [5, 5.41) is 11.6. The molecule has 1 aliphatic carbocycles. The lowest BCUT2D eigenvalue weighted by Crippen LogP contribution is -2.44. The highest BCUT2D eigenvalue weighted by atomic mass is 16.4. The molecule has 0 spiro atoms. The highest BCUT2D eigenvalue weighted by Gasteiger charge is 2.32. The van der Waals surface area contributed by atoms with Gasteiger partial charge in [-0.2, -0.15) is 0 Å². The van der Waals surface area contributed by atoms with Gasteiger partial charge in [-0.1, -0.05) is 0 Å². The second-order valence-electron chi connectivity index (χ2n) is 5.35. The van der Waals surface area contributed by atoms with Gasteiger partial charge in [0, 0.05) is 25.7 Å². The quantitative estimate of drug-likeness (QED) is 0.714. The minimum Gasteiger partial charge on any atom is -0.481 e. The van der Waals surface area contributed by atoms with Crippen LogP contribution in [0.15, 0.2) is 0 Å². The molecule has 1 heterocycles. The molecule has 2 fully saturated rings. The third-order valence-corrected chi connectivity index (χ3v) is 3.72. The normalized spacial score (nSPS) is 19.4. The standard InChI is InChI=1S/C13H23N3O3/c17-12(18)5-9-16(11-3-4-11)13(19)14-6-10-15-7-1-2-8-15/h11H,1-10H2,(H,14,19)(H,17,18). The number of hydrogen-bond donors (Lipinski definition) is 2. The van der Waals surface area contributed by atoms with E-state index in [0.29, 0.717) is 13.1 Å². The number of carboxylic acid groups (broad SMARTS) is 1. The van der Waals surface area contributed by atoms with E-state index in [1.165, 1.54) is 12.8 Å². The van der Waals surface area contributed by atoms with Gasteiger partial charge in [0.1, 0.15) is 0 Å². The number of rotatable bonds is 7. The van der Waals surface area contributed by atoms with Crippen LogP contribution in [0.4, 0.5) is 4.79 Å². The van der Waals surface area contributed by atoms with Gasteiger partial charge < -0.3 is 20.2 Å². The number of nitrogens with zero attached hydrogens (tertiary/aromatic N) is 2. The molecule has 0 bridgehead atoms. The average Bonchev–Trinajstić information content (AvgIpc) is 3.06. The zero-order chi connectivity index (χ0) is 13.7. The van der Waals surface area contributed by atoms with Crippen molar-refractivity contribution in [2.75, 3.05) is 32.7 Å². The SMILES string of the molecule is O=C(O)CCN(C(=O)NCCN1CCCC1)C1CC1. The van der Waals surface area contributed by atoms with E-state index in [-0.39, 0.29) is 18.5 Å². The lowest BCUT2D eigenvalue weighted by Gasteiger charge is -2.23. The van der Waals surface area contributed by atoms with E-state index in [1.54, 1.807) is 4.90 Å². The van der Waals surface area contributed by atoms with Gasteiger partial charge in [-0.05, 0) is 38.8 Å². The van der Waals surface area contributed by atoms with Gasteiger partial charge in [0.25, 0.3) is 0 Å². The van der Waals surface area contributed by atoms with Gasteiger partial charge in [-0.3, -0.25) is 4.79 Å². The van der Waals surface area contributed by atoms with Crippen LogP contribution in [-0.2, 0) is 4.79 Å². The summed E-state index contributed by atoms with van der Waals surface area (Å²) >= 11 is 0. The number of carboxylic acids is 1. The molecular formula is C13H23N3O3. The van der Waals surface area contributed by atoms with Gasteiger partial charge in [0.15, 0.2) is 0 Å². The predicted molar refractivity (Wildman–Crippen MR) is 71.1 cm³/mol. The second-order valence-corrected chi connectivity index (χ2v) is 5.35. The monoisotopic (exact) mass is 269 g/mol. The summed E-state index contributed by atoms with van der Waals surface area (Å²) in [6.45, 7) is 4.11. The molecule has 0 aromatic heterocycles. The minimum atomic E-state index is -0.851. The number of hydrogen-bond acceptors (Lipinski definition) is 3. The molecule has 1 saturated heterocycles. The topological polar surface area (TPSA) is 72.9 Å². The number of amides is 2. The van der Waals surface area contributed by atoms with Crippen molar-refractivity contribution in [3.63, 3.8) is 0 Å². The molecule has 2 amide bonds. The molecule has 108 valence electrons. The van der Waals surface area contributed by atoms with E-state index in [4.69, 9.17) is 5.11 Å². The summed E-state index contributed by atoms with van der Waals surface area (Å²) in [6.07, 6.45) is 4.52. The zero-order valence-corrected chi connectivity index (χ0v) is 11.3. The second kappa shape index (κ2) is 6.75. The first-order valence-electron chi connectivity index (χ1n) is 7.15. The fraction of sp³-hybridized carbons (Fsp3) is 0.846. The van der Waals surface area contributed by atoms with Crippen molar-refractivity contribution < 1.29 is 14.7 Å². The predicted octanol–water partition coefficient (Wildman–Crippen LogP) is 0.731. The van der Waals surface area contributed by atoms with Gasteiger partial charge in [-0.15, -0.1) is 0 Å². The Bertz CT molecular complexity index is 325. The van der Waals surface area contributed by atoms with Crippen molar-refractivity contribution in [2.45, 2.75) is 38.1 Å². The Morgan fingerprint density at radius 2 is 1.95 bits per heavy atom. The molecule has 6 nitrogen and oxygen atoms in total. The largest absolute Gasteiger partial charge is 0.481 e. The molecule has 0 unspecified atom stereocenters. The molecular weight excluding hydrogens is 246 g/mol. The molecule has 1 aliphatic heterocycles. The van der Waals surface area contributed by atoms with Gasteiger partial charge in [-0.25, -0.2) is 4.79 Å². The van der Waals surface area contributed by atoms with Gasteiger partial charge in [0.2, 0.25) is 0 Å². The number of carbonyl (C=O) groups excluding carboxylic acids is 1. The lowest BCUT2D eigenvalue weighted by atomic mass is 10.4. The van der Waals surface area contributed by atoms with Crippen LogP contribution < -0.4 is 5.32 Å². The van der Waals surface area contributed by atoms with Crippen LogP contribution in [0.2, 0.25) is 0 Å². The summed E-state index contributed by atoms with van der Waals surface area (Å²) in [6, 6.07) is 0.147. The van der Waals surface area contributed by atoms with Crippen molar-refractivity contribution >= 4 is 12.0 Å². The number of carbonyl (C=O) groups is 2. The van der Waals surface area contributed by atoms with Crippen LogP contribution in [0.3, 0.4) is 0 Å². The molecule has 0 atom stereocenters. The molecule has 6 heteroatoms. The molecule has 1 saturated carbocycles. The molecule has 19 heavy (non-hydrogen) atoms. The molecule has 0 aromatic carbocycles. The van der Waals surface area contributed by atoms with Gasteiger partial charge >= 0.3 is 12.0 Å².